The Bertz CT molecular complexity index is 538. The summed E-state index contributed by atoms with van der Waals surface area (Å²) in [5, 5.41) is 0. The highest BCUT2D eigenvalue weighted by Gasteiger charge is 2.35. The minimum atomic E-state index is -0.520. The van der Waals surface area contributed by atoms with Gasteiger partial charge in [0.05, 0.1) is 17.7 Å². The van der Waals surface area contributed by atoms with Crippen LogP contribution in [0, 0.1) is 0 Å². The molecule has 2 rings (SSSR count). The van der Waals surface area contributed by atoms with Crippen LogP contribution in [0.5, 0.6) is 0 Å². The SMILES string of the molecule is CCCOC(=O)C(Br)CCN1C(=O)c2ccccc2C1=O. The molecule has 0 saturated heterocycles. The second kappa shape index (κ2) is 6.85. The van der Waals surface area contributed by atoms with Gasteiger partial charge in [0.2, 0.25) is 0 Å². The fraction of sp³-hybridized carbons (Fsp3) is 0.400. The third-order valence-corrected chi connectivity index (χ3v) is 4.02. The quantitative estimate of drug-likeness (QED) is 0.447. The largest absolute Gasteiger partial charge is 0.465 e. The summed E-state index contributed by atoms with van der Waals surface area (Å²) in [6, 6.07) is 6.72. The number of hydrogen-bond acceptors (Lipinski definition) is 4. The zero-order chi connectivity index (χ0) is 15.4. The maximum atomic E-state index is 12.1. The highest BCUT2D eigenvalue weighted by Crippen LogP contribution is 2.23. The van der Waals surface area contributed by atoms with Crippen LogP contribution in [-0.2, 0) is 9.53 Å². The molecule has 21 heavy (non-hydrogen) atoms. The van der Waals surface area contributed by atoms with Gasteiger partial charge in [0.25, 0.3) is 11.8 Å². The van der Waals surface area contributed by atoms with E-state index in [1.165, 1.54) is 4.90 Å². The minimum absolute atomic E-state index is 0.184. The van der Waals surface area contributed by atoms with Crippen LogP contribution >= 0.6 is 15.9 Å². The van der Waals surface area contributed by atoms with E-state index in [9.17, 15) is 14.4 Å². The Morgan fingerprint density at radius 1 is 1.24 bits per heavy atom. The Labute approximate surface area is 131 Å². The van der Waals surface area contributed by atoms with Crippen molar-refractivity contribution < 1.29 is 19.1 Å². The van der Waals surface area contributed by atoms with Gasteiger partial charge < -0.3 is 4.74 Å². The van der Waals surface area contributed by atoms with E-state index in [4.69, 9.17) is 4.74 Å². The highest BCUT2D eigenvalue weighted by molar-refractivity contribution is 9.10. The smallest absolute Gasteiger partial charge is 0.319 e. The van der Waals surface area contributed by atoms with Crippen molar-refractivity contribution in [3.63, 3.8) is 0 Å². The summed E-state index contributed by atoms with van der Waals surface area (Å²) >= 11 is 3.23. The first-order valence-corrected chi connectivity index (χ1v) is 7.73. The van der Waals surface area contributed by atoms with E-state index in [1.807, 2.05) is 6.92 Å². The predicted octanol–water partition coefficient (Wildman–Crippen LogP) is 2.39. The van der Waals surface area contributed by atoms with Gasteiger partial charge in [0.1, 0.15) is 4.83 Å². The molecule has 2 amide bonds. The minimum Gasteiger partial charge on any atom is -0.465 e. The lowest BCUT2D eigenvalue weighted by Gasteiger charge is -2.15. The van der Waals surface area contributed by atoms with Gasteiger partial charge in [-0.15, -0.1) is 0 Å². The van der Waals surface area contributed by atoms with Crippen molar-refractivity contribution >= 4 is 33.7 Å². The second-order valence-corrected chi connectivity index (χ2v) is 5.84. The number of carbonyl (C=O) groups excluding carboxylic acids is 3. The molecule has 0 bridgehead atoms. The van der Waals surface area contributed by atoms with Gasteiger partial charge in [0, 0.05) is 6.54 Å². The Balaban J connectivity index is 1.95. The summed E-state index contributed by atoms with van der Waals surface area (Å²) in [6.45, 7) is 2.47. The number of halogens is 1. The van der Waals surface area contributed by atoms with Crippen molar-refractivity contribution in [3.8, 4) is 0 Å². The summed E-state index contributed by atoms with van der Waals surface area (Å²) < 4.78 is 5.01. The van der Waals surface area contributed by atoms with Crippen LogP contribution in [0.4, 0.5) is 0 Å². The molecular formula is C15H16BrNO4. The molecule has 0 radical (unpaired) electrons. The topological polar surface area (TPSA) is 63.7 Å². The van der Waals surface area contributed by atoms with Crippen molar-refractivity contribution in [2.24, 2.45) is 0 Å². The van der Waals surface area contributed by atoms with Crippen molar-refractivity contribution in [3.05, 3.63) is 35.4 Å². The normalized spacial score (nSPS) is 15.0. The van der Waals surface area contributed by atoms with E-state index < -0.39 is 4.83 Å². The lowest BCUT2D eigenvalue weighted by molar-refractivity contribution is -0.143. The van der Waals surface area contributed by atoms with Gasteiger partial charge in [-0.2, -0.15) is 0 Å². The van der Waals surface area contributed by atoms with Crippen molar-refractivity contribution in [1.82, 2.24) is 4.90 Å². The van der Waals surface area contributed by atoms with Crippen molar-refractivity contribution in [1.29, 1.82) is 0 Å². The van der Waals surface area contributed by atoms with Gasteiger partial charge in [-0.1, -0.05) is 35.0 Å². The average molecular weight is 354 g/mol. The standard InChI is InChI=1S/C15H16BrNO4/c1-2-9-21-15(20)12(16)7-8-17-13(18)10-5-3-4-6-11(10)14(17)19/h3-6,12H,2,7-9H2,1H3. The molecule has 0 aromatic heterocycles. The third kappa shape index (κ3) is 3.32. The molecule has 0 aliphatic carbocycles. The number of rotatable bonds is 6. The zero-order valence-corrected chi connectivity index (χ0v) is 13.3. The number of esters is 1. The van der Waals surface area contributed by atoms with Crippen LogP contribution in [0.1, 0.15) is 40.5 Å². The lowest BCUT2D eigenvalue weighted by Crippen LogP contribution is -2.33. The van der Waals surface area contributed by atoms with Crippen LogP contribution < -0.4 is 0 Å². The first kappa shape index (κ1) is 15.7. The molecule has 1 unspecified atom stereocenters. The monoisotopic (exact) mass is 353 g/mol. The molecule has 1 atom stereocenters. The van der Waals surface area contributed by atoms with E-state index in [0.717, 1.165) is 6.42 Å². The summed E-state index contributed by atoms with van der Waals surface area (Å²) in [6.07, 6.45) is 1.08. The predicted molar refractivity (Wildman–Crippen MR) is 80.4 cm³/mol. The lowest BCUT2D eigenvalue weighted by atomic mass is 10.1. The number of fused-ring (bicyclic) bond motifs is 1. The van der Waals surface area contributed by atoms with Crippen LogP contribution in [0.3, 0.4) is 0 Å². The van der Waals surface area contributed by atoms with Crippen LogP contribution in [0.2, 0.25) is 0 Å². The van der Waals surface area contributed by atoms with Gasteiger partial charge in [-0.3, -0.25) is 19.3 Å². The zero-order valence-electron chi connectivity index (χ0n) is 11.7. The first-order chi connectivity index (χ1) is 10.1. The van der Waals surface area contributed by atoms with E-state index in [1.54, 1.807) is 24.3 Å². The van der Waals surface area contributed by atoms with Crippen LogP contribution in [-0.4, -0.2) is 40.7 Å². The highest BCUT2D eigenvalue weighted by atomic mass is 79.9. The molecule has 0 fully saturated rings. The maximum Gasteiger partial charge on any atom is 0.319 e. The number of ether oxygens (including phenoxy) is 1. The fourth-order valence-corrected chi connectivity index (χ4v) is 2.43. The summed E-state index contributed by atoms with van der Waals surface area (Å²) in [7, 11) is 0. The molecule has 1 aromatic rings. The molecular weight excluding hydrogens is 338 g/mol. The molecule has 1 aromatic carbocycles. The Morgan fingerprint density at radius 3 is 2.33 bits per heavy atom. The molecule has 1 heterocycles. The number of amides is 2. The maximum absolute atomic E-state index is 12.1. The number of benzene rings is 1. The molecule has 0 N–H and O–H groups in total. The number of nitrogens with zero attached hydrogens (tertiary/aromatic N) is 1. The Morgan fingerprint density at radius 2 is 1.81 bits per heavy atom. The summed E-state index contributed by atoms with van der Waals surface area (Å²) in [5.41, 5.74) is 0.837. The van der Waals surface area contributed by atoms with Gasteiger partial charge in [-0.25, -0.2) is 0 Å². The average Bonchev–Trinajstić information content (AvgIpc) is 2.74. The van der Waals surface area contributed by atoms with Gasteiger partial charge in [-0.05, 0) is 25.0 Å². The van der Waals surface area contributed by atoms with Crippen molar-refractivity contribution in [2.75, 3.05) is 13.2 Å². The summed E-state index contributed by atoms with van der Waals surface area (Å²) in [5.74, 6) is -0.983. The molecule has 0 saturated carbocycles. The van der Waals surface area contributed by atoms with Crippen LogP contribution in [0.15, 0.2) is 24.3 Å². The second-order valence-electron chi connectivity index (χ2n) is 4.73. The Hall–Kier alpha value is -1.69. The first-order valence-electron chi connectivity index (χ1n) is 6.82. The molecule has 112 valence electrons. The number of hydrogen-bond donors (Lipinski definition) is 0. The van der Waals surface area contributed by atoms with Crippen LogP contribution in [0.25, 0.3) is 0 Å². The number of alkyl halides is 1. The fourth-order valence-electron chi connectivity index (χ4n) is 2.10. The summed E-state index contributed by atoms with van der Waals surface area (Å²) in [4.78, 5) is 36.6. The number of imide groups is 1. The molecule has 1 aliphatic rings. The van der Waals surface area contributed by atoms with Gasteiger partial charge >= 0.3 is 5.97 Å². The van der Waals surface area contributed by atoms with E-state index in [-0.39, 0.29) is 24.3 Å². The molecule has 6 heteroatoms. The Kier molecular flexibility index (Phi) is 5.12. The third-order valence-electron chi connectivity index (χ3n) is 3.19. The van der Waals surface area contributed by atoms with E-state index in [2.05, 4.69) is 15.9 Å². The van der Waals surface area contributed by atoms with Crippen molar-refractivity contribution in [2.45, 2.75) is 24.6 Å². The molecule has 0 spiro atoms. The molecule has 1 aliphatic heterocycles. The molecule has 5 nitrogen and oxygen atoms in total. The number of carbonyl (C=O) groups is 3. The van der Waals surface area contributed by atoms with E-state index in [0.29, 0.717) is 24.2 Å². The van der Waals surface area contributed by atoms with Gasteiger partial charge in [0.15, 0.2) is 0 Å². The van der Waals surface area contributed by atoms with E-state index >= 15 is 0 Å².